The molecule has 2 aliphatic rings. The first kappa shape index (κ1) is 30.1. The van der Waals surface area contributed by atoms with E-state index in [0.29, 0.717) is 52.4 Å². The fourth-order valence-corrected chi connectivity index (χ4v) is 5.89. The molecule has 0 bridgehead atoms. The number of carboxylic acids is 1. The molecule has 0 spiro atoms. The summed E-state index contributed by atoms with van der Waals surface area (Å²) in [4.78, 5) is 38.1. The Hall–Kier alpha value is -1.88. The number of fused-ring (bicyclic) bond motifs is 2. The standard InChI is InChI=1S/C29H30ClNO7.K/c1-2-36-26(32)12-18-9-7-17(8-10-18)11-21-27(29(34)35)31(23-6-4-3-5-20(23)28(21)33)15-19-13-24-25(14-22(19)30)38-16-37-24;/h3-6,13-14,17-18H,2,7-12,15-16H2,1H3,(H,34,35);/q;+1/p-1. The molecule has 1 saturated carbocycles. The van der Waals surface area contributed by atoms with E-state index in [9.17, 15) is 19.5 Å². The van der Waals surface area contributed by atoms with Crippen LogP contribution in [0.2, 0.25) is 5.02 Å². The Morgan fingerprint density at radius 1 is 1.08 bits per heavy atom. The predicted molar refractivity (Wildman–Crippen MR) is 140 cm³/mol. The molecule has 1 aliphatic carbocycles. The van der Waals surface area contributed by atoms with E-state index in [2.05, 4.69) is 0 Å². The van der Waals surface area contributed by atoms with Crippen LogP contribution in [0.25, 0.3) is 10.9 Å². The third-order valence-electron chi connectivity index (χ3n) is 7.55. The molecule has 1 aliphatic heterocycles. The Bertz CT molecular complexity index is 1450. The molecule has 2 aromatic carbocycles. The van der Waals surface area contributed by atoms with Gasteiger partial charge in [0, 0.05) is 35.0 Å². The Kier molecular flexibility index (Phi) is 10.2. The van der Waals surface area contributed by atoms with E-state index in [0.717, 1.165) is 25.7 Å². The molecule has 0 amide bonds. The maximum absolute atomic E-state index is 13.6. The number of para-hydroxylation sites is 1. The van der Waals surface area contributed by atoms with Crippen LogP contribution in [0.15, 0.2) is 41.2 Å². The van der Waals surface area contributed by atoms with E-state index in [1.807, 2.05) is 0 Å². The number of nitrogens with zero attached hydrogens (tertiary/aromatic N) is 1. The van der Waals surface area contributed by atoms with Gasteiger partial charge in [0.15, 0.2) is 16.9 Å². The third kappa shape index (κ3) is 6.55. The molecular formula is C29H29ClKNO7. The van der Waals surface area contributed by atoms with E-state index in [1.54, 1.807) is 47.9 Å². The molecule has 0 N–H and O–H groups in total. The maximum Gasteiger partial charge on any atom is 1.00 e. The van der Waals surface area contributed by atoms with Crippen molar-refractivity contribution in [2.45, 2.75) is 52.0 Å². The van der Waals surface area contributed by atoms with Gasteiger partial charge in [-0.1, -0.05) is 23.7 Å². The van der Waals surface area contributed by atoms with Gasteiger partial charge in [0.1, 0.15) is 0 Å². The van der Waals surface area contributed by atoms with Crippen LogP contribution in [0.5, 0.6) is 11.5 Å². The number of carbonyl (C=O) groups is 2. The number of aromatic nitrogens is 1. The summed E-state index contributed by atoms with van der Waals surface area (Å²) >= 11 is 6.53. The van der Waals surface area contributed by atoms with Crippen molar-refractivity contribution in [1.29, 1.82) is 0 Å². The number of pyridine rings is 1. The summed E-state index contributed by atoms with van der Waals surface area (Å²) in [7, 11) is 0. The van der Waals surface area contributed by atoms with Crippen molar-refractivity contribution in [2.24, 2.45) is 11.8 Å². The van der Waals surface area contributed by atoms with Crippen LogP contribution >= 0.6 is 11.6 Å². The molecule has 2 heterocycles. The van der Waals surface area contributed by atoms with Gasteiger partial charge in [0.05, 0.1) is 23.8 Å². The SMILES string of the molecule is CCOC(=O)CC1CCC(Cc2c(C(=O)[O-])n(Cc3cc4c(cc3Cl)OCO4)c3ccccc3c2=O)CC1.[K+]. The largest absolute Gasteiger partial charge is 1.00 e. The van der Waals surface area contributed by atoms with Crippen LogP contribution in [0, 0.1) is 11.8 Å². The Labute approximate surface area is 274 Å². The minimum absolute atomic E-state index is 0. The number of aromatic carboxylic acids is 1. The molecule has 3 aromatic rings. The van der Waals surface area contributed by atoms with Gasteiger partial charge < -0.3 is 28.7 Å². The minimum atomic E-state index is -1.41. The van der Waals surface area contributed by atoms with E-state index < -0.39 is 5.97 Å². The minimum Gasteiger partial charge on any atom is -0.543 e. The van der Waals surface area contributed by atoms with Gasteiger partial charge in [-0.3, -0.25) is 9.59 Å². The molecule has 200 valence electrons. The van der Waals surface area contributed by atoms with E-state index in [1.165, 1.54) is 0 Å². The van der Waals surface area contributed by atoms with Crippen LogP contribution in [-0.2, 0) is 22.5 Å². The zero-order valence-electron chi connectivity index (χ0n) is 22.2. The van der Waals surface area contributed by atoms with Crippen molar-refractivity contribution < 1.29 is 80.3 Å². The average molecular weight is 578 g/mol. The normalized spacial score (nSPS) is 18.0. The number of carbonyl (C=O) groups excluding carboxylic acids is 2. The summed E-state index contributed by atoms with van der Waals surface area (Å²) in [6.07, 6.45) is 3.99. The second kappa shape index (κ2) is 13.2. The van der Waals surface area contributed by atoms with Crippen molar-refractivity contribution in [2.75, 3.05) is 13.4 Å². The summed E-state index contributed by atoms with van der Waals surface area (Å²) in [5.41, 5.74) is 0.956. The zero-order valence-corrected chi connectivity index (χ0v) is 26.0. The zero-order chi connectivity index (χ0) is 26.8. The number of benzene rings is 2. The quantitative estimate of drug-likeness (QED) is 0.291. The van der Waals surface area contributed by atoms with Crippen LogP contribution in [0.4, 0.5) is 0 Å². The number of carboxylic acid groups (broad SMARTS) is 1. The van der Waals surface area contributed by atoms with E-state index in [4.69, 9.17) is 25.8 Å². The van der Waals surface area contributed by atoms with Crippen LogP contribution in [0.1, 0.15) is 60.6 Å². The number of esters is 1. The molecule has 5 rings (SSSR count). The number of ether oxygens (including phenoxy) is 3. The fraction of sp³-hybridized carbons (Fsp3) is 0.414. The molecule has 8 nitrogen and oxygen atoms in total. The third-order valence-corrected chi connectivity index (χ3v) is 7.90. The molecule has 0 radical (unpaired) electrons. The summed E-state index contributed by atoms with van der Waals surface area (Å²) in [6.45, 7) is 2.36. The first-order valence-electron chi connectivity index (χ1n) is 12.9. The van der Waals surface area contributed by atoms with Gasteiger partial charge in [0.2, 0.25) is 6.79 Å². The van der Waals surface area contributed by atoms with Gasteiger partial charge in [-0.05, 0) is 74.6 Å². The van der Waals surface area contributed by atoms with Crippen LogP contribution < -0.4 is 71.4 Å². The second-order valence-corrected chi connectivity index (χ2v) is 10.4. The smallest absolute Gasteiger partial charge is 0.543 e. The molecule has 0 unspecified atom stereocenters. The number of rotatable bonds is 8. The van der Waals surface area contributed by atoms with Crippen molar-refractivity contribution >= 4 is 34.4 Å². The van der Waals surface area contributed by atoms with Crippen molar-refractivity contribution in [3.8, 4) is 11.5 Å². The first-order chi connectivity index (χ1) is 18.4. The van der Waals surface area contributed by atoms with Gasteiger partial charge in [-0.25, -0.2) is 0 Å². The summed E-state index contributed by atoms with van der Waals surface area (Å²) in [5, 5.41) is 13.4. The molecular weight excluding hydrogens is 549 g/mol. The van der Waals surface area contributed by atoms with Gasteiger partial charge in [-0.15, -0.1) is 0 Å². The molecule has 1 aromatic heterocycles. The van der Waals surface area contributed by atoms with E-state index >= 15 is 0 Å². The topological polar surface area (TPSA) is 107 Å². The number of hydrogen-bond acceptors (Lipinski definition) is 7. The summed E-state index contributed by atoms with van der Waals surface area (Å²) < 4.78 is 17.6. The Morgan fingerprint density at radius 3 is 2.44 bits per heavy atom. The Morgan fingerprint density at radius 2 is 1.74 bits per heavy atom. The molecule has 0 saturated heterocycles. The van der Waals surface area contributed by atoms with Crippen molar-refractivity contribution in [3.05, 3.63) is 68.5 Å². The summed E-state index contributed by atoms with van der Waals surface area (Å²) in [5.74, 6) is -0.159. The molecule has 10 heteroatoms. The monoisotopic (exact) mass is 577 g/mol. The average Bonchev–Trinajstić information content (AvgIpc) is 3.35. The molecule has 39 heavy (non-hydrogen) atoms. The molecule has 0 atom stereocenters. The van der Waals surface area contributed by atoms with Crippen LogP contribution in [-0.4, -0.2) is 29.9 Å². The van der Waals surface area contributed by atoms with Crippen molar-refractivity contribution in [3.63, 3.8) is 0 Å². The molecule has 1 fully saturated rings. The number of halogens is 1. The first-order valence-corrected chi connectivity index (χ1v) is 13.3. The fourth-order valence-electron chi connectivity index (χ4n) is 5.68. The number of hydrogen-bond donors (Lipinski definition) is 0. The van der Waals surface area contributed by atoms with Gasteiger partial charge in [0.25, 0.3) is 0 Å². The van der Waals surface area contributed by atoms with E-state index in [-0.39, 0.29) is 99.2 Å². The second-order valence-electron chi connectivity index (χ2n) is 9.94. The predicted octanol–water partition coefficient (Wildman–Crippen LogP) is 1.10. The maximum atomic E-state index is 13.6. The van der Waals surface area contributed by atoms with Gasteiger partial charge >= 0.3 is 57.4 Å². The summed E-state index contributed by atoms with van der Waals surface area (Å²) in [6, 6.07) is 10.4. The Balaban J connectivity index is 0.00000353. The van der Waals surface area contributed by atoms with Crippen LogP contribution in [0.3, 0.4) is 0 Å². The van der Waals surface area contributed by atoms with Crippen molar-refractivity contribution in [1.82, 2.24) is 4.57 Å². The van der Waals surface area contributed by atoms with Gasteiger partial charge in [-0.2, -0.15) is 0 Å².